The van der Waals surface area contributed by atoms with Gasteiger partial charge in [0.2, 0.25) is 0 Å². The SMILES string of the molecule is CN(C)[SiH2]c1ccc2ccccc2n1. The molecule has 14 heavy (non-hydrogen) atoms. The summed E-state index contributed by atoms with van der Waals surface area (Å²) in [6.07, 6.45) is 0. The van der Waals surface area contributed by atoms with E-state index in [-0.39, 0.29) is 9.68 Å². The molecule has 0 bridgehead atoms. The predicted molar refractivity (Wildman–Crippen MR) is 63.6 cm³/mol. The monoisotopic (exact) mass is 202 g/mol. The first-order valence-corrected chi connectivity index (χ1v) is 6.09. The van der Waals surface area contributed by atoms with Gasteiger partial charge in [0.25, 0.3) is 0 Å². The van der Waals surface area contributed by atoms with E-state index in [2.05, 4.69) is 47.9 Å². The largest absolute Gasteiger partial charge is 0.329 e. The second kappa shape index (κ2) is 3.90. The lowest BCUT2D eigenvalue weighted by Crippen LogP contribution is -2.31. The van der Waals surface area contributed by atoms with Gasteiger partial charge in [0.1, 0.15) is 9.68 Å². The van der Waals surface area contributed by atoms with Gasteiger partial charge in [-0.1, -0.05) is 24.3 Å². The van der Waals surface area contributed by atoms with Crippen molar-refractivity contribution in [2.45, 2.75) is 0 Å². The van der Waals surface area contributed by atoms with E-state index in [9.17, 15) is 0 Å². The molecular formula is C11H14N2Si. The van der Waals surface area contributed by atoms with Gasteiger partial charge in [-0.15, -0.1) is 0 Å². The first kappa shape index (κ1) is 9.37. The molecule has 72 valence electrons. The third-order valence-electron chi connectivity index (χ3n) is 2.13. The topological polar surface area (TPSA) is 16.1 Å². The Labute approximate surface area is 86.5 Å². The number of nitrogens with zero attached hydrogens (tertiary/aromatic N) is 2. The predicted octanol–water partition coefficient (Wildman–Crippen LogP) is 0.505. The maximum Gasteiger partial charge on any atom is 0.150 e. The molecule has 0 saturated carbocycles. The Morgan fingerprint density at radius 3 is 2.64 bits per heavy atom. The average molecular weight is 202 g/mol. The Morgan fingerprint density at radius 2 is 1.86 bits per heavy atom. The van der Waals surface area contributed by atoms with Crippen LogP contribution in [0.2, 0.25) is 0 Å². The summed E-state index contributed by atoms with van der Waals surface area (Å²) in [6.45, 7) is 0. The van der Waals surface area contributed by atoms with Crippen molar-refractivity contribution >= 4 is 25.9 Å². The van der Waals surface area contributed by atoms with Gasteiger partial charge in [-0.3, -0.25) is 4.98 Å². The Morgan fingerprint density at radius 1 is 1.07 bits per heavy atom. The van der Waals surface area contributed by atoms with Crippen LogP contribution in [-0.2, 0) is 0 Å². The second-order valence-electron chi connectivity index (χ2n) is 3.73. The van der Waals surface area contributed by atoms with Gasteiger partial charge < -0.3 is 4.57 Å². The number of rotatable bonds is 2. The van der Waals surface area contributed by atoms with Gasteiger partial charge in [-0.05, 0) is 26.2 Å². The molecule has 3 heteroatoms. The molecule has 1 heterocycles. The Balaban J connectivity index is 2.41. The normalized spacial score (nSPS) is 11.9. The lowest BCUT2D eigenvalue weighted by Gasteiger charge is -2.08. The van der Waals surface area contributed by atoms with E-state index in [1.54, 1.807) is 0 Å². The Hall–Kier alpha value is -1.19. The molecule has 0 spiro atoms. The number of pyridine rings is 1. The first-order chi connectivity index (χ1) is 6.75. The Bertz CT molecular complexity index is 440. The molecule has 0 saturated heterocycles. The van der Waals surface area contributed by atoms with Crippen molar-refractivity contribution in [1.82, 2.24) is 9.55 Å². The highest BCUT2D eigenvalue weighted by Gasteiger charge is 1.99. The summed E-state index contributed by atoms with van der Waals surface area (Å²) < 4.78 is 2.26. The average Bonchev–Trinajstić information content (AvgIpc) is 2.17. The molecule has 0 unspecified atom stereocenters. The summed E-state index contributed by atoms with van der Waals surface area (Å²) in [6, 6.07) is 12.6. The van der Waals surface area contributed by atoms with E-state index in [1.807, 2.05) is 12.1 Å². The zero-order valence-electron chi connectivity index (χ0n) is 8.57. The van der Waals surface area contributed by atoms with Crippen LogP contribution >= 0.6 is 0 Å². The number of para-hydroxylation sites is 1. The van der Waals surface area contributed by atoms with E-state index in [0.29, 0.717) is 0 Å². The lowest BCUT2D eigenvalue weighted by atomic mass is 10.2. The van der Waals surface area contributed by atoms with Gasteiger partial charge in [0, 0.05) is 10.7 Å². The molecule has 0 atom stereocenters. The van der Waals surface area contributed by atoms with E-state index in [4.69, 9.17) is 0 Å². The molecule has 1 aromatic heterocycles. The highest BCUT2D eigenvalue weighted by atomic mass is 28.2. The van der Waals surface area contributed by atoms with Crippen molar-refractivity contribution in [2.24, 2.45) is 0 Å². The van der Waals surface area contributed by atoms with Gasteiger partial charge in [-0.25, -0.2) is 0 Å². The zero-order chi connectivity index (χ0) is 9.97. The molecule has 2 rings (SSSR count). The highest BCUT2D eigenvalue weighted by molar-refractivity contribution is 6.49. The van der Waals surface area contributed by atoms with E-state index < -0.39 is 0 Å². The van der Waals surface area contributed by atoms with E-state index in [1.165, 1.54) is 10.7 Å². The summed E-state index contributed by atoms with van der Waals surface area (Å²) in [4.78, 5) is 4.64. The van der Waals surface area contributed by atoms with Crippen molar-refractivity contribution in [1.29, 1.82) is 0 Å². The molecule has 0 N–H and O–H groups in total. The molecule has 2 nitrogen and oxygen atoms in total. The second-order valence-corrected chi connectivity index (χ2v) is 6.04. The van der Waals surface area contributed by atoms with Crippen molar-refractivity contribution < 1.29 is 0 Å². The van der Waals surface area contributed by atoms with Crippen molar-refractivity contribution in [2.75, 3.05) is 14.1 Å². The van der Waals surface area contributed by atoms with Gasteiger partial charge in [-0.2, -0.15) is 0 Å². The molecule has 1 aromatic carbocycles. The fraction of sp³-hybridized carbons (Fsp3) is 0.182. The fourth-order valence-corrected chi connectivity index (χ4v) is 2.63. The van der Waals surface area contributed by atoms with Crippen LogP contribution < -0.4 is 5.32 Å². The molecule has 0 aliphatic rings. The number of benzene rings is 1. The third-order valence-corrected chi connectivity index (χ3v) is 3.48. The van der Waals surface area contributed by atoms with Crippen molar-refractivity contribution in [3.63, 3.8) is 0 Å². The summed E-state index contributed by atoms with van der Waals surface area (Å²) in [5, 5.41) is 2.48. The van der Waals surface area contributed by atoms with Crippen molar-refractivity contribution in [3.05, 3.63) is 36.4 Å². The highest BCUT2D eigenvalue weighted by Crippen LogP contribution is 2.07. The molecule has 0 fully saturated rings. The van der Waals surface area contributed by atoms with Crippen LogP contribution in [0.15, 0.2) is 36.4 Å². The van der Waals surface area contributed by atoms with Gasteiger partial charge in [0.15, 0.2) is 0 Å². The first-order valence-electron chi connectivity index (χ1n) is 4.75. The van der Waals surface area contributed by atoms with Gasteiger partial charge in [0.05, 0.1) is 5.52 Å². The van der Waals surface area contributed by atoms with E-state index in [0.717, 1.165) is 5.52 Å². The maximum absolute atomic E-state index is 4.64. The van der Waals surface area contributed by atoms with Crippen LogP contribution in [0.5, 0.6) is 0 Å². The minimum Gasteiger partial charge on any atom is -0.329 e. The number of fused-ring (bicyclic) bond motifs is 1. The quantitative estimate of drug-likeness (QED) is 0.660. The summed E-state index contributed by atoms with van der Waals surface area (Å²) >= 11 is 0. The van der Waals surface area contributed by atoms with Crippen LogP contribution in [0, 0.1) is 0 Å². The number of hydrogen-bond donors (Lipinski definition) is 0. The van der Waals surface area contributed by atoms with E-state index >= 15 is 0 Å². The number of hydrogen-bond acceptors (Lipinski definition) is 2. The number of aromatic nitrogens is 1. The van der Waals surface area contributed by atoms with Crippen LogP contribution in [0.4, 0.5) is 0 Å². The van der Waals surface area contributed by atoms with Crippen LogP contribution in [0.3, 0.4) is 0 Å². The third kappa shape index (κ3) is 2.00. The molecule has 0 amide bonds. The minimum atomic E-state index is -0.343. The fourth-order valence-electron chi connectivity index (χ4n) is 1.52. The molecule has 0 aliphatic heterocycles. The Kier molecular flexibility index (Phi) is 2.61. The van der Waals surface area contributed by atoms with Crippen molar-refractivity contribution in [3.8, 4) is 0 Å². The molecule has 0 aliphatic carbocycles. The van der Waals surface area contributed by atoms with Crippen LogP contribution in [-0.4, -0.2) is 33.3 Å². The lowest BCUT2D eigenvalue weighted by molar-refractivity contribution is 0.668. The zero-order valence-corrected chi connectivity index (χ0v) is 9.98. The van der Waals surface area contributed by atoms with Crippen LogP contribution in [0.1, 0.15) is 0 Å². The minimum absolute atomic E-state index is 0.343. The summed E-state index contributed by atoms with van der Waals surface area (Å²) in [7, 11) is 3.89. The molecule has 2 aromatic rings. The summed E-state index contributed by atoms with van der Waals surface area (Å²) in [5.74, 6) is 0. The smallest absolute Gasteiger partial charge is 0.150 e. The van der Waals surface area contributed by atoms with Gasteiger partial charge >= 0.3 is 0 Å². The molecule has 0 radical (unpaired) electrons. The molecular weight excluding hydrogens is 188 g/mol. The standard InChI is InChI=1S/C11H14N2Si/c1-13(2)14-11-8-7-9-5-3-4-6-10(9)12-11/h3-8H,14H2,1-2H3. The maximum atomic E-state index is 4.64. The van der Waals surface area contributed by atoms with Crippen LogP contribution in [0.25, 0.3) is 10.9 Å². The summed E-state index contributed by atoms with van der Waals surface area (Å²) in [5.41, 5.74) is 1.11.